The molecule has 1 fully saturated rings. The Balaban J connectivity index is 2.48. The molecule has 4 heteroatoms. The van der Waals surface area contributed by atoms with Gasteiger partial charge in [0, 0.05) is 24.6 Å². The van der Waals surface area contributed by atoms with Crippen molar-refractivity contribution in [2.45, 2.75) is 59.0 Å². The van der Waals surface area contributed by atoms with Gasteiger partial charge in [0.2, 0.25) is 5.91 Å². The van der Waals surface area contributed by atoms with Crippen LogP contribution in [-0.4, -0.2) is 49.7 Å². The molecule has 0 saturated carbocycles. The summed E-state index contributed by atoms with van der Waals surface area (Å²) in [5.41, 5.74) is -0.216. The van der Waals surface area contributed by atoms with Crippen molar-refractivity contribution in [2.75, 3.05) is 26.8 Å². The molecular formula is C15H30N2O2. The number of nitrogens with zero attached hydrogens (tertiary/aromatic N) is 1. The van der Waals surface area contributed by atoms with E-state index in [1.165, 1.54) is 6.42 Å². The van der Waals surface area contributed by atoms with E-state index in [9.17, 15) is 4.79 Å². The molecule has 1 saturated heterocycles. The number of carbonyl (C=O) groups excluding carboxylic acids is 1. The van der Waals surface area contributed by atoms with Gasteiger partial charge >= 0.3 is 0 Å². The summed E-state index contributed by atoms with van der Waals surface area (Å²) < 4.78 is 5.06. The number of piperidine rings is 1. The van der Waals surface area contributed by atoms with E-state index in [-0.39, 0.29) is 17.4 Å². The van der Waals surface area contributed by atoms with E-state index in [2.05, 4.69) is 31.0 Å². The Morgan fingerprint density at radius 2 is 1.95 bits per heavy atom. The molecule has 0 aromatic heterocycles. The van der Waals surface area contributed by atoms with Crippen molar-refractivity contribution in [3.63, 3.8) is 0 Å². The largest absolute Gasteiger partial charge is 0.383 e. The Bertz CT molecular complexity index is 286. The number of nitrogens with one attached hydrogen (secondary N) is 1. The van der Waals surface area contributed by atoms with E-state index in [0.717, 1.165) is 25.9 Å². The number of hydrogen-bond donors (Lipinski definition) is 1. The molecule has 1 amide bonds. The van der Waals surface area contributed by atoms with Crippen LogP contribution in [0, 0.1) is 5.41 Å². The van der Waals surface area contributed by atoms with Crippen LogP contribution < -0.4 is 5.32 Å². The lowest BCUT2D eigenvalue weighted by atomic mass is 9.79. The van der Waals surface area contributed by atoms with Crippen LogP contribution in [0.5, 0.6) is 0 Å². The van der Waals surface area contributed by atoms with E-state index in [1.54, 1.807) is 7.11 Å². The van der Waals surface area contributed by atoms with E-state index in [4.69, 9.17) is 4.74 Å². The lowest BCUT2D eigenvalue weighted by Gasteiger charge is -2.41. The number of ether oxygens (including phenoxy) is 1. The lowest BCUT2D eigenvalue weighted by molar-refractivity contribution is -0.134. The fourth-order valence-corrected chi connectivity index (χ4v) is 2.63. The highest BCUT2D eigenvalue weighted by molar-refractivity contribution is 5.82. The standard InChI is InChI=1S/C15H30N2O2/c1-6-13(3)17-9-7-15(4,8-10-17)14(18)16-12(2)11-19-5/h12-13H,6-11H2,1-5H3,(H,16,18). The first-order chi connectivity index (χ1) is 8.92. The van der Waals surface area contributed by atoms with Gasteiger partial charge in [-0.25, -0.2) is 0 Å². The van der Waals surface area contributed by atoms with Gasteiger partial charge in [0.25, 0.3) is 0 Å². The number of carbonyl (C=O) groups is 1. The minimum atomic E-state index is -0.216. The van der Waals surface area contributed by atoms with Gasteiger partial charge in [-0.2, -0.15) is 0 Å². The number of likely N-dealkylation sites (tertiary alicyclic amines) is 1. The van der Waals surface area contributed by atoms with Gasteiger partial charge in [-0.05, 0) is 46.2 Å². The Labute approximate surface area is 117 Å². The quantitative estimate of drug-likeness (QED) is 0.803. The third-order valence-electron chi connectivity index (χ3n) is 4.46. The second-order valence-electron chi connectivity index (χ2n) is 6.18. The van der Waals surface area contributed by atoms with Crippen molar-refractivity contribution in [3.05, 3.63) is 0 Å². The van der Waals surface area contributed by atoms with Crippen LogP contribution in [0.2, 0.25) is 0 Å². The highest BCUT2D eigenvalue weighted by Crippen LogP contribution is 2.32. The van der Waals surface area contributed by atoms with Gasteiger partial charge in [-0.3, -0.25) is 4.79 Å². The summed E-state index contributed by atoms with van der Waals surface area (Å²) >= 11 is 0. The molecule has 1 rings (SSSR count). The van der Waals surface area contributed by atoms with Crippen molar-refractivity contribution in [1.82, 2.24) is 10.2 Å². The highest BCUT2D eigenvalue weighted by Gasteiger charge is 2.37. The third-order valence-corrected chi connectivity index (χ3v) is 4.46. The van der Waals surface area contributed by atoms with Gasteiger partial charge in [-0.15, -0.1) is 0 Å². The van der Waals surface area contributed by atoms with Crippen LogP contribution in [0.25, 0.3) is 0 Å². The maximum atomic E-state index is 12.4. The molecule has 1 N–H and O–H groups in total. The highest BCUT2D eigenvalue weighted by atomic mass is 16.5. The van der Waals surface area contributed by atoms with Crippen molar-refractivity contribution >= 4 is 5.91 Å². The lowest BCUT2D eigenvalue weighted by Crippen LogP contribution is -2.51. The molecule has 2 unspecified atom stereocenters. The van der Waals surface area contributed by atoms with Gasteiger partial charge in [0.15, 0.2) is 0 Å². The molecule has 1 aliphatic rings. The zero-order valence-corrected chi connectivity index (χ0v) is 13.2. The topological polar surface area (TPSA) is 41.6 Å². The fourth-order valence-electron chi connectivity index (χ4n) is 2.63. The van der Waals surface area contributed by atoms with Crippen LogP contribution in [-0.2, 0) is 9.53 Å². The molecule has 19 heavy (non-hydrogen) atoms. The van der Waals surface area contributed by atoms with Crippen molar-refractivity contribution in [2.24, 2.45) is 5.41 Å². The predicted molar refractivity (Wildman–Crippen MR) is 78.1 cm³/mol. The third kappa shape index (κ3) is 4.46. The maximum absolute atomic E-state index is 12.4. The van der Waals surface area contributed by atoms with Crippen LogP contribution in [0.15, 0.2) is 0 Å². The van der Waals surface area contributed by atoms with E-state index in [0.29, 0.717) is 12.6 Å². The maximum Gasteiger partial charge on any atom is 0.226 e. The van der Waals surface area contributed by atoms with Crippen LogP contribution >= 0.6 is 0 Å². The molecular weight excluding hydrogens is 240 g/mol. The first-order valence-corrected chi connectivity index (χ1v) is 7.47. The van der Waals surface area contributed by atoms with Gasteiger partial charge in [0.05, 0.1) is 6.61 Å². The second kappa shape index (κ2) is 7.25. The Hall–Kier alpha value is -0.610. The van der Waals surface area contributed by atoms with Crippen LogP contribution in [0.3, 0.4) is 0 Å². The molecule has 0 aromatic carbocycles. The summed E-state index contributed by atoms with van der Waals surface area (Å²) in [5.74, 6) is 0.181. The molecule has 0 bridgehead atoms. The van der Waals surface area contributed by atoms with E-state index >= 15 is 0 Å². The van der Waals surface area contributed by atoms with E-state index < -0.39 is 0 Å². The number of rotatable bonds is 6. The van der Waals surface area contributed by atoms with E-state index in [1.807, 2.05) is 6.92 Å². The fraction of sp³-hybridized carbons (Fsp3) is 0.933. The summed E-state index contributed by atoms with van der Waals surface area (Å²) in [6.45, 7) is 11.2. The summed E-state index contributed by atoms with van der Waals surface area (Å²) in [6.07, 6.45) is 3.07. The van der Waals surface area contributed by atoms with Crippen LogP contribution in [0.4, 0.5) is 0 Å². The smallest absolute Gasteiger partial charge is 0.226 e. The minimum absolute atomic E-state index is 0.0851. The monoisotopic (exact) mass is 270 g/mol. The predicted octanol–water partition coefficient (Wildman–Crippen LogP) is 2.04. The van der Waals surface area contributed by atoms with Gasteiger partial charge in [-0.1, -0.05) is 13.8 Å². The minimum Gasteiger partial charge on any atom is -0.383 e. The van der Waals surface area contributed by atoms with Crippen molar-refractivity contribution < 1.29 is 9.53 Å². The molecule has 0 spiro atoms. The van der Waals surface area contributed by atoms with Crippen molar-refractivity contribution in [1.29, 1.82) is 0 Å². The van der Waals surface area contributed by atoms with Gasteiger partial charge in [0.1, 0.15) is 0 Å². The summed E-state index contributed by atoms with van der Waals surface area (Å²) in [4.78, 5) is 14.9. The summed E-state index contributed by atoms with van der Waals surface area (Å²) in [6, 6.07) is 0.710. The molecule has 0 radical (unpaired) electrons. The number of methoxy groups -OCH3 is 1. The molecule has 1 heterocycles. The Morgan fingerprint density at radius 1 is 1.37 bits per heavy atom. The second-order valence-corrected chi connectivity index (χ2v) is 6.18. The number of hydrogen-bond acceptors (Lipinski definition) is 3. The SMILES string of the molecule is CCC(C)N1CCC(C)(C(=O)NC(C)COC)CC1. The van der Waals surface area contributed by atoms with Crippen LogP contribution in [0.1, 0.15) is 47.0 Å². The zero-order valence-electron chi connectivity index (χ0n) is 13.2. The Morgan fingerprint density at radius 3 is 2.42 bits per heavy atom. The first kappa shape index (κ1) is 16.4. The molecule has 1 aliphatic heterocycles. The molecule has 0 aliphatic carbocycles. The van der Waals surface area contributed by atoms with Gasteiger partial charge < -0.3 is 15.0 Å². The van der Waals surface area contributed by atoms with Crippen molar-refractivity contribution in [3.8, 4) is 0 Å². The Kier molecular flexibility index (Phi) is 6.27. The summed E-state index contributed by atoms with van der Waals surface area (Å²) in [5, 5.41) is 3.07. The molecule has 4 nitrogen and oxygen atoms in total. The molecule has 2 atom stereocenters. The average molecular weight is 270 g/mol. The normalized spacial score (nSPS) is 22.8. The number of amides is 1. The average Bonchev–Trinajstić information content (AvgIpc) is 2.39. The summed E-state index contributed by atoms with van der Waals surface area (Å²) in [7, 11) is 1.66. The molecule has 112 valence electrons. The zero-order chi connectivity index (χ0) is 14.5. The molecule has 0 aromatic rings. The first-order valence-electron chi connectivity index (χ1n) is 7.47.